The zero-order valence-electron chi connectivity index (χ0n) is 22.5. The highest BCUT2D eigenvalue weighted by Crippen LogP contribution is 2.38. The Bertz CT molecular complexity index is 1680. The van der Waals surface area contributed by atoms with Crippen molar-refractivity contribution < 1.29 is 14.9 Å². The van der Waals surface area contributed by atoms with E-state index in [0.29, 0.717) is 23.7 Å². The number of hydrogen-bond donors (Lipinski definition) is 2. The summed E-state index contributed by atoms with van der Waals surface area (Å²) in [6.07, 6.45) is 5.40. The van der Waals surface area contributed by atoms with Gasteiger partial charge in [0, 0.05) is 52.7 Å². The van der Waals surface area contributed by atoms with Gasteiger partial charge >= 0.3 is 0 Å². The minimum atomic E-state index is 0.211. The third-order valence-corrected chi connectivity index (χ3v) is 6.85. The van der Waals surface area contributed by atoms with Gasteiger partial charge in [-0.2, -0.15) is 0 Å². The van der Waals surface area contributed by atoms with E-state index in [1.54, 1.807) is 12.1 Å². The van der Waals surface area contributed by atoms with Crippen LogP contribution in [-0.2, 0) is 0 Å². The first-order chi connectivity index (χ1) is 20.1. The van der Waals surface area contributed by atoms with Crippen LogP contribution < -0.4 is 14.5 Å². The number of rotatable bonds is 8. The summed E-state index contributed by atoms with van der Waals surface area (Å²) in [7, 11) is 0. The largest absolute Gasteiger partial charge is 0.512 e. The van der Waals surface area contributed by atoms with Crippen LogP contribution in [0.2, 0.25) is 0 Å². The number of para-hydroxylation sites is 2. The van der Waals surface area contributed by atoms with Crippen molar-refractivity contribution in [3.8, 4) is 17.2 Å². The van der Waals surface area contributed by atoms with Crippen LogP contribution in [0, 0.1) is 0 Å². The van der Waals surface area contributed by atoms with Crippen LogP contribution in [0.1, 0.15) is 12.8 Å². The number of phenolic OH excluding ortho intramolecular Hbond substituents is 1. The summed E-state index contributed by atoms with van der Waals surface area (Å²) in [5.41, 5.74) is 5.64. The van der Waals surface area contributed by atoms with Gasteiger partial charge in [-0.25, -0.2) is 0 Å². The van der Waals surface area contributed by atoms with Crippen molar-refractivity contribution in [1.29, 1.82) is 0 Å². The van der Waals surface area contributed by atoms with Crippen LogP contribution in [0.3, 0.4) is 0 Å². The lowest BCUT2D eigenvalue weighted by Crippen LogP contribution is -2.17. The highest BCUT2D eigenvalue weighted by atomic mass is 16.5. The third kappa shape index (κ3) is 5.94. The molecule has 0 bridgehead atoms. The smallest absolute Gasteiger partial charge is 0.129 e. The van der Waals surface area contributed by atoms with Gasteiger partial charge in [0.1, 0.15) is 17.2 Å². The predicted octanol–water partition coefficient (Wildman–Crippen LogP) is 9.91. The molecule has 5 heteroatoms. The fraction of sp³-hybridized carbons (Fsp3) is 0.0556. The van der Waals surface area contributed by atoms with E-state index in [1.165, 1.54) is 0 Å². The number of ether oxygens (including phenoxy) is 1. The van der Waals surface area contributed by atoms with Gasteiger partial charge in [0.25, 0.3) is 0 Å². The molecule has 0 aliphatic heterocycles. The molecule has 202 valence electrons. The lowest BCUT2D eigenvalue weighted by Gasteiger charge is -2.28. The van der Waals surface area contributed by atoms with E-state index >= 15 is 0 Å². The standard InChI is InChI=1S/C36H30N2O3/c39-33-17-7-14-30(24-33)37(27-10-3-1-4-11-27)29-20-22-35(23-21-29)41-36-19-9-16-32(26-36)38(28-12-5-2-6-13-28)31-15-8-18-34(40)25-31/h1-7,9-17,19-26,39-40H,8,18H2. The Morgan fingerprint density at radius 1 is 0.512 bits per heavy atom. The number of benzene rings is 5. The maximum Gasteiger partial charge on any atom is 0.129 e. The molecule has 1 aliphatic carbocycles. The van der Waals surface area contributed by atoms with Crippen LogP contribution in [0.15, 0.2) is 157 Å². The molecule has 0 spiro atoms. The van der Waals surface area contributed by atoms with Crippen molar-refractivity contribution in [2.24, 2.45) is 0 Å². The van der Waals surface area contributed by atoms with Crippen LogP contribution in [0.5, 0.6) is 17.2 Å². The summed E-state index contributed by atoms with van der Waals surface area (Å²) in [4.78, 5) is 4.21. The first-order valence-electron chi connectivity index (χ1n) is 13.6. The second-order valence-corrected chi connectivity index (χ2v) is 9.76. The summed E-state index contributed by atoms with van der Waals surface area (Å²) < 4.78 is 6.31. The Morgan fingerprint density at radius 2 is 1.10 bits per heavy atom. The Hall–Kier alpha value is -5.42. The fourth-order valence-electron chi connectivity index (χ4n) is 4.99. The molecule has 2 N–H and O–H groups in total. The van der Waals surface area contributed by atoms with Crippen molar-refractivity contribution >= 4 is 28.4 Å². The van der Waals surface area contributed by atoms with E-state index in [-0.39, 0.29) is 5.75 Å². The van der Waals surface area contributed by atoms with Crippen LogP contribution in [-0.4, -0.2) is 10.2 Å². The van der Waals surface area contributed by atoms with E-state index in [0.717, 1.165) is 40.6 Å². The lowest BCUT2D eigenvalue weighted by molar-refractivity contribution is 0.386. The van der Waals surface area contributed by atoms with Crippen molar-refractivity contribution in [1.82, 2.24) is 0 Å². The summed E-state index contributed by atoms with van der Waals surface area (Å²) >= 11 is 0. The van der Waals surface area contributed by atoms with E-state index in [2.05, 4.69) is 28.0 Å². The SMILES string of the molecule is OC1=CC(N(c2ccccc2)c2cccc(Oc3ccc(N(c4ccccc4)c4cccc(O)c4)cc3)c2)=CCC1. The Morgan fingerprint density at radius 3 is 1.76 bits per heavy atom. The number of allylic oxidation sites excluding steroid dienone is 3. The number of aliphatic hydroxyl groups excluding tert-OH is 1. The van der Waals surface area contributed by atoms with Crippen molar-refractivity contribution in [3.05, 3.63) is 157 Å². The molecule has 0 saturated carbocycles. The molecule has 0 amide bonds. The molecule has 5 aromatic carbocycles. The topological polar surface area (TPSA) is 56.2 Å². The number of aromatic hydroxyl groups is 1. The number of aliphatic hydroxyl groups is 1. The number of nitrogens with zero attached hydrogens (tertiary/aromatic N) is 2. The fourth-order valence-corrected chi connectivity index (χ4v) is 4.99. The molecular formula is C36H30N2O3. The summed E-state index contributed by atoms with van der Waals surface area (Å²) in [5.74, 6) is 2.00. The normalized spacial score (nSPS) is 12.7. The van der Waals surface area contributed by atoms with E-state index in [4.69, 9.17) is 4.74 Å². The van der Waals surface area contributed by atoms with Gasteiger partial charge in [-0.1, -0.05) is 54.6 Å². The zero-order chi connectivity index (χ0) is 28.0. The molecule has 41 heavy (non-hydrogen) atoms. The molecule has 0 fully saturated rings. The van der Waals surface area contributed by atoms with Gasteiger partial charge in [-0.3, -0.25) is 0 Å². The number of anilines is 5. The maximum absolute atomic E-state index is 10.2. The first kappa shape index (κ1) is 25.8. The second-order valence-electron chi connectivity index (χ2n) is 9.76. The Labute approximate surface area is 240 Å². The van der Waals surface area contributed by atoms with Crippen molar-refractivity contribution in [2.45, 2.75) is 12.8 Å². The molecular weight excluding hydrogens is 508 g/mol. The average molecular weight is 539 g/mol. The lowest BCUT2D eigenvalue weighted by atomic mass is 10.1. The molecule has 0 saturated heterocycles. The summed E-state index contributed by atoms with van der Waals surface area (Å²) in [6.45, 7) is 0. The third-order valence-electron chi connectivity index (χ3n) is 6.85. The van der Waals surface area contributed by atoms with Crippen LogP contribution >= 0.6 is 0 Å². The number of phenols is 1. The van der Waals surface area contributed by atoms with Crippen molar-refractivity contribution in [3.63, 3.8) is 0 Å². The molecule has 1 aliphatic rings. The van der Waals surface area contributed by atoms with Gasteiger partial charge in [0.15, 0.2) is 0 Å². The second kappa shape index (κ2) is 11.8. The highest BCUT2D eigenvalue weighted by Gasteiger charge is 2.17. The average Bonchev–Trinajstić information content (AvgIpc) is 3.00. The minimum absolute atomic E-state index is 0.211. The molecule has 0 radical (unpaired) electrons. The summed E-state index contributed by atoms with van der Waals surface area (Å²) in [5, 5.41) is 20.4. The predicted molar refractivity (Wildman–Crippen MR) is 166 cm³/mol. The van der Waals surface area contributed by atoms with Gasteiger partial charge in [0.2, 0.25) is 0 Å². The highest BCUT2D eigenvalue weighted by molar-refractivity contribution is 5.77. The van der Waals surface area contributed by atoms with Crippen LogP contribution in [0.25, 0.3) is 0 Å². The molecule has 0 atom stereocenters. The molecule has 0 aromatic heterocycles. The Kier molecular flexibility index (Phi) is 7.41. The molecule has 5 aromatic rings. The van der Waals surface area contributed by atoms with E-state index in [9.17, 15) is 10.2 Å². The minimum Gasteiger partial charge on any atom is -0.512 e. The molecule has 5 nitrogen and oxygen atoms in total. The Balaban J connectivity index is 1.29. The zero-order valence-corrected chi connectivity index (χ0v) is 22.5. The monoisotopic (exact) mass is 538 g/mol. The number of hydrogen-bond acceptors (Lipinski definition) is 5. The maximum atomic E-state index is 10.2. The summed E-state index contributed by atoms with van der Waals surface area (Å²) in [6, 6.07) is 43.2. The van der Waals surface area contributed by atoms with Gasteiger partial charge < -0.3 is 24.7 Å². The van der Waals surface area contributed by atoms with Gasteiger partial charge in [-0.05, 0) is 85.3 Å². The van der Waals surface area contributed by atoms with Crippen molar-refractivity contribution in [2.75, 3.05) is 9.80 Å². The van der Waals surface area contributed by atoms with E-state index < -0.39 is 0 Å². The van der Waals surface area contributed by atoms with Gasteiger partial charge in [0.05, 0.1) is 5.76 Å². The van der Waals surface area contributed by atoms with E-state index in [1.807, 2.05) is 115 Å². The first-order valence-corrected chi connectivity index (χ1v) is 13.6. The molecule has 0 heterocycles. The van der Waals surface area contributed by atoms with Gasteiger partial charge in [-0.15, -0.1) is 0 Å². The molecule has 0 unspecified atom stereocenters. The quantitative estimate of drug-likeness (QED) is 0.206. The van der Waals surface area contributed by atoms with Crippen LogP contribution in [0.4, 0.5) is 28.4 Å². The molecule has 6 rings (SSSR count).